The molecule has 0 spiro atoms. The van der Waals surface area contributed by atoms with E-state index < -0.39 is 0 Å². The van der Waals surface area contributed by atoms with Crippen molar-refractivity contribution < 1.29 is 9.47 Å². The third-order valence-corrected chi connectivity index (χ3v) is 9.55. The van der Waals surface area contributed by atoms with Gasteiger partial charge in [0.15, 0.2) is 11.9 Å². The smallest absolute Gasteiger partial charge is 0.191 e. The summed E-state index contributed by atoms with van der Waals surface area (Å²) in [6, 6.07) is 2.15. The molecule has 4 aliphatic rings. The Bertz CT molecular complexity index is 676. The van der Waals surface area contributed by atoms with Crippen molar-refractivity contribution >= 4 is 11.9 Å². The van der Waals surface area contributed by atoms with Crippen LogP contribution < -0.4 is 21.3 Å². The normalized spacial score (nSPS) is 22.7. The fourth-order valence-electron chi connectivity index (χ4n) is 7.02. The minimum Gasteiger partial charge on any atom is -0.379 e. The second kappa shape index (κ2) is 21.2. The fraction of sp³-hybridized carbons (Fsp3) is 0.941. The highest BCUT2D eigenvalue weighted by atomic mass is 16.5. The summed E-state index contributed by atoms with van der Waals surface area (Å²) in [5, 5.41) is 14.7. The van der Waals surface area contributed by atoms with Gasteiger partial charge in [0, 0.05) is 38.4 Å². The van der Waals surface area contributed by atoms with Crippen LogP contribution in [0.4, 0.5) is 0 Å². The summed E-state index contributed by atoms with van der Waals surface area (Å²) >= 11 is 0. The molecule has 0 amide bonds. The Morgan fingerprint density at radius 3 is 1.19 bits per heavy atom. The molecule has 0 aliphatic heterocycles. The Labute approximate surface area is 257 Å². The zero-order valence-electron chi connectivity index (χ0n) is 26.8. The highest BCUT2D eigenvalue weighted by Crippen LogP contribution is 2.22. The van der Waals surface area contributed by atoms with E-state index in [1.807, 2.05) is 0 Å². The summed E-state index contributed by atoms with van der Waals surface area (Å²) in [6.07, 6.45) is 28.2. The van der Waals surface area contributed by atoms with Crippen molar-refractivity contribution in [3.63, 3.8) is 0 Å². The average Bonchev–Trinajstić information content (AvgIpc) is 3.03. The maximum absolute atomic E-state index is 5.86. The van der Waals surface area contributed by atoms with Crippen molar-refractivity contribution in [1.82, 2.24) is 21.3 Å². The van der Waals surface area contributed by atoms with Crippen molar-refractivity contribution in [2.75, 3.05) is 39.5 Å². The molecule has 0 aromatic rings. The Kier molecular flexibility index (Phi) is 16.8. The molecule has 0 atom stereocenters. The average molecular weight is 589 g/mol. The number of rotatable bonds is 15. The van der Waals surface area contributed by atoms with Gasteiger partial charge in [0.2, 0.25) is 0 Å². The van der Waals surface area contributed by atoms with Crippen LogP contribution in [0.1, 0.15) is 141 Å². The lowest BCUT2D eigenvalue weighted by molar-refractivity contribution is 0.0466. The SMILES string of the molecule is C1CCC(N=C(NCCCOCCOCCCNC(=NC2CCCCC2)NC2CCCCC2)NC2CCCCC2)CC1. The number of nitrogens with zero attached hydrogens (tertiary/aromatic N) is 2. The summed E-state index contributed by atoms with van der Waals surface area (Å²) in [5.74, 6) is 2.07. The van der Waals surface area contributed by atoms with Crippen LogP contribution in [0, 0.1) is 0 Å². The Morgan fingerprint density at radius 2 is 0.810 bits per heavy atom. The number of hydrogen-bond donors (Lipinski definition) is 4. The molecule has 4 N–H and O–H groups in total. The molecule has 4 rings (SSSR count). The van der Waals surface area contributed by atoms with Gasteiger partial charge >= 0.3 is 0 Å². The molecule has 0 unspecified atom stereocenters. The predicted octanol–water partition coefficient (Wildman–Crippen LogP) is 6.20. The number of guanidine groups is 2. The molecule has 0 saturated heterocycles. The van der Waals surface area contributed by atoms with Crippen LogP contribution in [0.3, 0.4) is 0 Å². The monoisotopic (exact) mass is 589 g/mol. The van der Waals surface area contributed by atoms with E-state index in [1.165, 1.54) is 128 Å². The van der Waals surface area contributed by atoms with Gasteiger partial charge in [0.1, 0.15) is 0 Å². The van der Waals surface area contributed by atoms with E-state index in [0.717, 1.165) is 51.1 Å². The van der Waals surface area contributed by atoms with Crippen molar-refractivity contribution in [2.45, 2.75) is 165 Å². The van der Waals surface area contributed by atoms with Crippen LogP contribution in [-0.4, -0.2) is 75.6 Å². The molecule has 8 nitrogen and oxygen atoms in total. The van der Waals surface area contributed by atoms with Gasteiger partial charge in [-0.2, -0.15) is 0 Å². The lowest BCUT2D eigenvalue weighted by atomic mass is 9.95. The largest absolute Gasteiger partial charge is 0.379 e. The quantitative estimate of drug-likeness (QED) is 0.103. The molecule has 42 heavy (non-hydrogen) atoms. The third-order valence-electron chi connectivity index (χ3n) is 9.55. The van der Waals surface area contributed by atoms with Gasteiger partial charge < -0.3 is 30.7 Å². The molecule has 4 fully saturated rings. The molecule has 4 aliphatic carbocycles. The number of ether oxygens (including phenoxy) is 2. The number of aliphatic imine (C=N–C) groups is 2. The number of hydrogen-bond acceptors (Lipinski definition) is 4. The molecule has 0 radical (unpaired) electrons. The first-order valence-corrected chi connectivity index (χ1v) is 18.2. The van der Waals surface area contributed by atoms with Gasteiger partial charge in [-0.25, -0.2) is 9.98 Å². The number of nitrogens with one attached hydrogen (secondary N) is 4. The predicted molar refractivity (Wildman–Crippen MR) is 176 cm³/mol. The van der Waals surface area contributed by atoms with E-state index in [4.69, 9.17) is 19.5 Å². The zero-order valence-corrected chi connectivity index (χ0v) is 26.8. The highest BCUT2D eigenvalue weighted by molar-refractivity contribution is 5.80. The van der Waals surface area contributed by atoms with Crippen molar-refractivity contribution in [3.05, 3.63) is 0 Å². The highest BCUT2D eigenvalue weighted by Gasteiger charge is 2.19. The lowest BCUT2D eigenvalue weighted by Crippen LogP contribution is -2.45. The maximum atomic E-state index is 5.86. The second-order valence-corrected chi connectivity index (χ2v) is 13.3. The van der Waals surface area contributed by atoms with Crippen LogP contribution in [0.5, 0.6) is 0 Å². The van der Waals surface area contributed by atoms with Crippen LogP contribution in [-0.2, 0) is 9.47 Å². The van der Waals surface area contributed by atoms with E-state index in [-0.39, 0.29) is 0 Å². The topological polar surface area (TPSA) is 91.3 Å². The Morgan fingerprint density at radius 1 is 0.452 bits per heavy atom. The molecular weight excluding hydrogens is 524 g/mol. The summed E-state index contributed by atoms with van der Waals surface area (Å²) in [4.78, 5) is 10.2. The van der Waals surface area contributed by atoms with Crippen molar-refractivity contribution in [2.24, 2.45) is 9.98 Å². The van der Waals surface area contributed by atoms with Crippen LogP contribution >= 0.6 is 0 Å². The Hall–Kier alpha value is -1.54. The van der Waals surface area contributed by atoms with Gasteiger partial charge in [-0.15, -0.1) is 0 Å². The summed E-state index contributed by atoms with van der Waals surface area (Å²) in [6.45, 7) is 4.63. The van der Waals surface area contributed by atoms with Crippen LogP contribution in [0.25, 0.3) is 0 Å². The van der Waals surface area contributed by atoms with E-state index in [2.05, 4.69) is 21.3 Å². The minimum absolute atomic E-state index is 0.491. The van der Waals surface area contributed by atoms with Gasteiger partial charge in [-0.05, 0) is 64.2 Å². The van der Waals surface area contributed by atoms with Crippen LogP contribution in [0.2, 0.25) is 0 Å². The van der Waals surface area contributed by atoms with Gasteiger partial charge in [-0.3, -0.25) is 0 Å². The molecule has 4 saturated carbocycles. The molecule has 0 aromatic heterocycles. The third kappa shape index (κ3) is 14.3. The molecular formula is C34H64N6O2. The summed E-state index contributed by atoms with van der Waals surface area (Å²) in [5.41, 5.74) is 0. The Balaban J connectivity index is 1.02. The molecule has 242 valence electrons. The molecule has 8 heteroatoms. The molecule has 0 aromatic carbocycles. The standard InChI is InChI=1S/C34H64N6O2/c1-5-15-29(16-6-1)37-33(38-30-17-7-2-8-18-30)35-23-13-25-41-27-28-42-26-14-24-36-34(39-31-19-9-3-10-20-31)40-32-21-11-4-12-22-32/h29-32H,1-28H2,(H2,35,37,38)(H2,36,39,40). The first-order chi connectivity index (χ1) is 20.8. The van der Waals surface area contributed by atoms with Crippen LogP contribution in [0.15, 0.2) is 9.98 Å². The summed E-state index contributed by atoms with van der Waals surface area (Å²) < 4.78 is 11.7. The van der Waals surface area contributed by atoms with E-state index in [9.17, 15) is 0 Å². The van der Waals surface area contributed by atoms with Gasteiger partial charge in [-0.1, -0.05) is 77.0 Å². The summed E-state index contributed by atoms with van der Waals surface area (Å²) in [7, 11) is 0. The molecule has 0 heterocycles. The van der Waals surface area contributed by atoms with E-state index in [0.29, 0.717) is 37.4 Å². The second-order valence-electron chi connectivity index (χ2n) is 13.3. The first kappa shape index (κ1) is 33.4. The van der Waals surface area contributed by atoms with E-state index in [1.54, 1.807) is 0 Å². The van der Waals surface area contributed by atoms with Gasteiger partial charge in [0.05, 0.1) is 25.3 Å². The van der Waals surface area contributed by atoms with Gasteiger partial charge in [0.25, 0.3) is 0 Å². The van der Waals surface area contributed by atoms with Crippen molar-refractivity contribution in [3.8, 4) is 0 Å². The zero-order chi connectivity index (χ0) is 28.9. The minimum atomic E-state index is 0.491. The van der Waals surface area contributed by atoms with E-state index >= 15 is 0 Å². The van der Waals surface area contributed by atoms with Crippen molar-refractivity contribution in [1.29, 1.82) is 0 Å². The maximum Gasteiger partial charge on any atom is 0.191 e. The molecule has 0 bridgehead atoms. The first-order valence-electron chi connectivity index (χ1n) is 18.2. The lowest BCUT2D eigenvalue weighted by Gasteiger charge is -2.27. The fourth-order valence-corrected chi connectivity index (χ4v) is 7.02.